The van der Waals surface area contributed by atoms with Crippen molar-refractivity contribution in [3.05, 3.63) is 42.7 Å². The summed E-state index contributed by atoms with van der Waals surface area (Å²) in [5.41, 5.74) is 15.6. The first-order valence-corrected chi connectivity index (χ1v) is 7.45. The minimum absolute atomic E-state index is 0.464. The molecule has 6 nitrogen and oxygen atoms in total. The monoisotopic (exact) mass is 308 g/mol. The summed E-state index contributed by atoms with van der Waals surface area (Å²) < 4.78 is 0. The van der Waals surface area contributed by atoms with Gasteiger partial charge in [-0.05, 0) is 35.9 Å². The average Bonchev–Trinajstić information content (AvgIpc) is 3.12. The van der Waals surface area contributed by atoms with E-state index >= 15 is 0 Å². The molecule has 0 aliphatic carbocycles. The van der Waals surface area contributed by atoms with Crippen LogP contribution in [0, 0.1) is 0 Å². The molecule has 0 bridgehead atoms. The predicted octanol–water partition coefficient (Wildman–Crippen LogP) is 2.91. The van der Waals surface area contributed by atoms with Crippen LogP contribution < -0.4 is 11.5 Å². The normalized spacial score (nSPS) is 11.1. The molecule has 4 rings (SSSR count). The molecular formula is C15H12N6S. The van der Waals surface area contributed by atoms with Crippen molar-refractivity contribution in [1.82, 2.24) is 20.2 Å². The maximum atomic E-state index is 5.78. The lowest BCUT2D eigenvalue weighted by atomic mass is 10.0. The van der Waals surface area contributed by atoms with Crippen molar-refractivity contribution in [2.45, 2.75) is 0 Å². The van der Waals surface area contributed by atoms with Crippen molar-refractivity contribution < 1.29 is 0 Å². The van der Waals surface area contributed by atoms with Gasteiger partial charge in [0.15, 0.2) is 0 Å². The molecule has 3 heterocycles. The van der Waals surface area contributed by atoms with E-state index in [9.17, 15) is 0 Å². The Morgan fingerprint density at radius 2 is 1.91 bits per heavy atom. The Kier molecular flexibility index (Phi) is 2.80. The molecule has 5 N–H and O–H groups in total. The van der Waals surface area contributed by atoms with Crippen LogP contribution in [-0.2, 0) is 0 Å². The number of hydrogen-bond donors (Lipinski definition) is 3. The van der Waals surface area contributed by atoms with Crippen LogP contribution in [0.2, 0.25) is 0 Å². The van der Waals surface area contributed by atoms with Crippen LogP contribution in [0.15, 0.2) is 42.7 Å². The van der Waals surface area contributed by atoms with Crippen molar-refractivity contribution >= 4 is 33.2 Å². The highest BCUT2D eigenvalue weighted by molar-refractivity contribution is 7.18. The summed E-state index contributed by atoms with van der Waals surface area (Å²) in [6, 6.07) is 9.91. The molecule has 0 radical (unpaired) electrons. The van der Waals surface area contributed by atoms with Gasteiger partial charge < -0.3 is 16.5 Å². The average molecular weight is 308 g/mol. The molecule has 0 amide bonds. The Labute approximate surface area is 129 Å². The molecule has 0 saturated heterocycles. The molecular weight excluding hydrogens is 296 g/mol. The van der Waals surface area contributed by atoms with E-state index < -0.39 is 0 Å². The molecule has 108 valence electrons. The lowest BCUT2D eigenvalue weighted by Crippen LogP contribution is -1.88. The topological polar surface area (TPSA) is 106 Å². The van der Waals surface area contributed by atoms with Gasteiger partial charge in [-0.25, -0.2) is 4.98 Å². The first-order valence-electron chi connectivity index (χ1n) is 6.63. The zero-order valence-electron chi connectivity index (χ0n) is 11.4. The second-order valence-corrected chi connectivity index (χ2v) is 5.89. The van der Waals surface area contributed by atoms with Crippen LogP contribution in [0.4, 0.5) is 10.9 Å². The zero-order valence-corrected chi connectivity index (χ0v) is 12.3. The fourth-order valence-electron chi connectivity index (χ4n) is 2.46. The van der Waals surface area contributed by atoms with Crippen LogP contribution in [0.3, 0.4) is 0 Å². The van der Waals surface area contributed by atoms with Crippen LogP contribution in [0.25, 0.3) is 32.6 Å². The van der Waals surface area contributed by atoms with Gasteiger partial charge in [-0.15, -0.1) is 10.2 Å². The third-order valence-electron chi connectivity index (χ3n) is 3.46. The standard InChI is InChI=1S/C15H12N6S/c16-13-6-8(3-4-18-13)11-7-19-12-2-1-9(5-10(11)12)14-20-21-15(17)22-14/h1-7,19H,(H2,16,18)(H2,17,21). The Hall–Kier alpha value is -2.93. The van der Waals surface area contributed by atoms with Crippen molar-refractivity contribution in [1.29, 1.82) is 0 Å². The summed E-state index contributed by atoms with van der Waals surface area (Å²) in [6.07, 6.45) is 3.68. The summed E-state index contributed by atoms with van der Waals surface area (Å²) in [5.74, 6) is 0.500. The molecule has 0 fully saturated rings. The molecule has 0 aliphatic rings. The van der Waals surface area contributed by atoms with E-state index in [1.165, 1.54) is 11.3 Å². The molecule has 7 heteroatoms. The minimum Gasteiger partial charge on any atom is -0.384 e. The third kappa shape index (κ3) is 2.08. The fourth-order valence-corrected chi connectivity index (χ4v) is 3.07. The molecule has 0 aliphatic heterocycles. The van der Waals surface area contributed by atoms with Gasteiger partial charge in [0.1, 0.15) is 10.8 Å². The molecule has 0 unspecified atom stereocenters. The van der Waals surface area contributed by atoms with Crippen LogP contribution in [-0.4, -0.2) is 20.2 Å². The van der Waals surface area contributed by atoms with Gasteiger partial charge in [-0.3, -0.25) is 0 Å². The Morgan fingerprint density at radius 1 is 1.00 bits per heavy atom. The number of aromatic amines is 1. The number of pyridine rings is 1. The number of benzene rings is 1. The molecule has 0 spiro atoms. The Balaban J connectivity index is 1.90. The third-order valence-corrected chi connectivity index (χ3v) is 4.26. The smallest absolute Gasteiger partial charge is 0.203 e. The number of H-pyrrole nitrogens is 1. The second-order valence-electron chi connectivity index (χ2n) is 4.88. The van der Waals surface area contributed by atoms with Crippen molar-refractivity contribution in [3.63, 3.8) is 0 Å². The van der Waals surface area contributed by atoms with Gasteiger partial charge in [-0.1, -0.05) is 11.3 Å². The predicted molar refractivity (Wildman–Crippen MR) is 89.3 cm³/mol. The van der Waals surface area contributed by atoms with Gasteiger partial charge in [0, 0.05) is 34.4 Å². The Morgan fingerprint density at radius 3 is 2.68 bits per heavy atom. The lowest BCUT2D eigenvalue weighted by Gasteiger charge is -2.02. The maximum absolute atomic E-state index is 5.78. The minimum atomic E-state index is 0.464. The molecule has 22 heavy (non-hydrogen) atoms. The largest absolute Gasteiger partial charge is 0.384 e. The number of nitrogens with two attached hydrogens (primary N) is 2. The maximum Gasteiger partial charge on any atom is 0.203 e. The molecule has 0 saturated carbocycles. The van der Waals surface area contributed by atoms with Gasteiger partial charge >= 0.3 is 0 Å². The SMILES string of the molecule is Nc1cc(-c2c[nH]c3ccc(-c4nnc(N)s4)cc23)ccn1. The van der Waals surface area contributed by atoms with Crippen LogP contribution in [0.5, 0.6) is 0 Å². The number of nitrogens with one attached hydrogen (secondary N) is 1. The summed E-state index contributed by atoms with van der Waals surface area (Å²) in [7, 11) is 0. The van der Waals surface area contributed by atoms with Crippen molar-refractivity contribution in [2.24, 2.45) is 0 Å². The molecule has 1 aromatic carbocycles. The molecule has 3 aromatic heterocycles. The summed E-state index contributed by atoms with van der Waals surface area (Å²) >= 11 is 1.37. The lowest BCUT2D eigenvalue weighted by molar-refractivity contribution is 1.10. The van der Waals surface area contributed by atoms with Gasteiger partial charge in [0.25, 0.3) is 0 Å². The highest BCUT2D eigenvalue weighted by atomic mass is 32.1. The van der Waals surface area contributed by atoms with Crippen LogP contribution >= 0.6 is 11.3 Å². The number of nitrogen functional groups attached to an aromatic ring is 2. The van der Waals surface area contributed by atoms with Gasteiger partial charge in [-0.2, -0.15) is 0 Å². The number of nitrogens with zero attached hydrogens (tertiary/aromatic N) is 3. The van der Waals surface area contributed by atoms with Crippen LogP contribution in [0.1, 0.15) is 0 Å². The van der Waals surface area contributed by atoms with E-state index in [1.54, 1.807) is 6.20 Å². The zero-order chi connectivity index (χ0) is 15.1. The highest BCUT2D eigenvalue weighted by Gasteiger charge is 2.10. The van der Waals surface area contributed by atoms with Crippen molar-refractivity contribution in [3.8, 4) is 21.7 Å². The number of fused-ring (bicyclic) bond motifs is 1. The van der Waals surface area contributed by atoms with E-state index in [2.05, 4.69) is 26.2 Å². The fraction of sp³-hybridized carbons (Fsp3) is 0. The quantitative estimate of drug-likeness (QED) is 0.528. The summed E-state index contributed by atoms with van der Waals surface area (Å²) in [4.78, 5) is 7.31. The Bertz CT molecular complexity index is 971. The first kappa shape index (κ1) is 12.8. The van der Waals surface area contributed by atoms with E-state index in [4.69, 9.17) is 11.5 Å². The van der Waals surface area contributed by atoms with E-state index in [1.807, 2.05) is 30.5 Å². The van der Waals surface area contributed by atoms with E-state index in [0.717, 1.165) is 32.6 Å². The van der Waals surface area contributed by atoms with E-state index in [0.29, 0.717) is 10.9 Å². The first-order chi connectivity index (χ1) is 10.7. The summed E-state index contributed by atoms with van der Waals surface area (Å²) in [5, 5.41) is 10.3. The van der Waals surface area contributed by atoms with Gasteiger partial charge in [0.05, 0.1) is 0 Å². The van der Waals surface area contributed by atoms with E-state index in [-0.39, 0.29) is 0 Å². The number of aromatic nitrogens is 4. The summed E-state index contributed by atoms with van der Waals surface area (Å²) in [6.45, 7) is 0. The van der Waals surface area contributed by atoms with Crippen molar-refractivity contribution in [2.75, 3.05) is 11.5 Å². The number of rotatable bonds is 2. The molecule has 0 atom stereocenters. The molecule has 4 aromatic rings. The van der Waals surface area contributed by atoms with Gasteiger partial charge in [0.2, 0.25) is 5.13 Å². The highest BCUT2D eigenvalue weighted by Crippen LogP contribution is 2.33. The number of hydrogen-bond acceptors (Lipinski definition) is 6. The number of anilines is 2. The second kappa shape index (κ2) is 4.81.